The first-order chi connectivity index (χ1) is 8.68. The molecule has 0 aliphatic heterocycles. The Morgan fingerprint density at radius 1 is 1.21 bits per heavy atom. The molecule has 1 rings (SSSR count). The van der Waals surface area contributed by atoms with Crippen molar-refractivity contribution in [2.45, 2.75) is 34.6 Å². The summed E-state index contributed by atoms with van der Waals surface area (Å²) in [5.74, 6) is 0.0801. The lowest BCUT2D eigenvalue weighted by Crippen LogP contribution is -2.40. The van der Waals surface area contributed by atoms with Gasteiger partial charge in [-0.2, -0.15) is 0 Å². The van der Waals surface area contributed by atoms with E-state index in [-0.39, 0.29) is 11.3 Å². The van der Waals surface area contributed by atoms with Crippen LogP contribution in [0.2, 0.25) is 0 Å². The van der Waals surface area contributed by atoms with Crippen LogP contribution in [-0.4, -0.2) is 30.9 Å². The van der Waals surface area contributed by atoms with Crippen molar-refractivity contribution in [3.05, 3.63) is 34.4 Å². The van der Waals surface area contributed by atoms with Crippen molar-refractivity contribution < 1.29 is 4.79 Å². The summed E-state index contributed by atoms with van der Waals surface area (Å²) < 4.78 is 0. The molecule has 2 N–H and O–H groups in total. The molecule has 0 aliphatic rings. The third-order valence-electron chi connectivity index (χ3n) is 3.46. The number of hydrogen-bond acceptors (Lipinski definition) is 2. The number of nitrogens with two attached hydrogens (primary N) is 1. The molecule has 0 aromatic heterocycles. The first-order valence-corrected chi connectivity index (χ1v) is 6.71. The molecular weight excluding hydrogens is 236 g/mol. The lowest BCUT2D eigenvalue weighted by molar-refractivity contribution is 0.0739. The second-order valence-corrected chi connectivity index (χ2v) is 6.30. The molecule has 1 aromatic carbocycles. The Hall–Kier alpha value is -1.35. The van der Waals surface area contributed by atoms with E-state index in [1.165, 1.54) is 5.56 Å². The summed E-state index contributed by atoms with van der Waals surface area (Å²) in [5, 5.41) is 0. The quantitative estimate of drug-likeness (QED) is 0.906. The molecule has 0 atom stereocenters. The highest BCUT2D eigenvalue weighted by Gasteiger charge is 2.23. The van der Waals surface area contributed by atoms with Gasteiger partial charge in [-0.25, -0.2) is 0 Å². The molecule has 0 unspecified atom stereocenters. The summed E-state index contributed by atoms with van der Waals surface area (Å²) in [6, 6.07) is 4.12. The van der Waals surface area contributed by atoms with Crippen molar-refractivity contribution in [2.24, 2.45) is 11.1 Å². The van der Waals surface area contributed by atoms with Crippen molar-refractivity contribution >= 4 is 5.91 Å². The summed E-state index contributed by atoms with van der Waals surface area (Å²) in [6.45, 7) is 11.4. The summed E-state index contributed by atoms with van der Waals surface area (Å²) >= 11 is 0. The van der Waals surface area contributed by atoms with Gasteiger partial charge in [0.15, 0.2) is 0 Å². The minimum Gasteiger partial charge on any atom is -0.341 e. The minimum atomic E-state index is -0.0586. The van der Waals surface area contributed by atoms with Crippen LogP contribution < -0.4 is 5.73 Å². The van der Waals surface area contributed by atoms with Crippen molar-refractivity contribution in [2.75, 3.05) is 20.1 Å². The zero-order valence-electron chi connectivity index (χ0n) is 13.0. The predicted molar refractivity (Wildman–Crippen MR) is 80.4 cm³/mol. The number of carbonyl (C=O) groups is 1. The fourth-order valence-electron chi connectivity index (χ4n) is 2.49. The Balaban J connectivity index is 3.01. The first kappa shape index (κ1) is 15.7. The van der Waals surface area contributed by atoms with E-state index in [4.69, 9.17) is 5.73 Å². The predicted octanol–water partition coefficient (Wildman–Crippen LogP) is 2.67. The van der Waals surface area contributed by atoms with Gasteiger partial charge in [0.05, 0.1) is 0 Å². The van der Waals surface area contributed by atoms with E-state index < -0.39 is 0 Å². The van der Waals surface area contributed by atoms with Crippen LogP contribution in [-0.2, 0) is 0 Å². The van der Waals surface area contributed by atoms with E-state index >= 15 is 0 Å². The molecule has 3 heteroatoms. The van der Waals surface area contributed by atoms with Gasteiger partial charge in [-0.3, -0.25) is 4.79 Å². The maximum absolute atomic E-state index is 12.6. The van der Waals surface area contributed by atoms with E-state index in [1.807, 2.05) is 20.9 Å². The molecule has 106 valence electrons. The van der Waals surface area contributed by atoms with Crippen molar-refractivity contribution in [1.29, 1.82) is 0 Å². The highest BCUT2D eigenvalue weighted by atomic mass is 16.2. The lowest BCUT2D eigenvalue weighted by Gasteiger charge is -2.29. The largest absolute Gasteiger partial charge is 0.341 e. The number of carbonyl (C=O) groups excluding carboxylic acids is 1. The Kier molecular flexibility index (Phi) is 4.75. The van der Waals surface area contributed by atoms with E-state index in [0.717, 1.165) is 16.7 Å². The maximum atomic E-state index is 12.6. The van der Waals surface area contributed by atoms with Crippen LogP contribution in [0.3, 0.4) is 0 Å². The van der Waals surface area contributed by atoms with Crippen LogP contribution in [0.5, 0.6) is 0 Å². The minimum absolute atomic E-state index is 0.0586. The fourth-order valence-corrected chi connectivity index (χ4v) is 2.49. The van der Waals surface area contributed by atoms with E-state index in [1.54, 1.807) is 4.90 Å². The summed E-state index contributed by atoms with van der Waals surface area (Å²) in [5.41, 5.74) is 9.77. The molecule has 0 fully saturated rings. The number of hydrogen-bond donors (Lipinski definition) is 1. The zero-order valence-corrected chi connectivity index (χ0v) is 13.0. The molecule has 0 heterocycles. The molecule has 0 saturated carbocycles. The molecule has 1 aromatic rings. The smallest absolute Gasteiger partial charge is 0.254 e. The van der Waals surface area contributed by atoms with Crippen LogP contribution in [0.4, 0.5) is 0 Å². The van der Waals surface area contributed by atoms with Gasteiger partial charge in [0.2, 0.25) is 0 Å². The third-order valence-corrected chi connectivity index (χ3v) is 3.46. The standard InChI is InChI=1S/C16H26N2O/c1-11-7-12(2)14(13(3)8-11)15(19)18(6)10-16(4,5)9-17/h7-8H,9-10,17H2,1-6H3. The molecule has 0 aliphatic carbocycles. The van der Waals surface area contributed by atoms with Crippen LogP contribution in [0.25, 0.3) is 0 Å². The molecular formula is C16H26N2O. The molecule has 19 heavy (non-hydrogen) atoms. The summed E-state index contributed by atoms with van der Waals surface area (Å²) in [4.78, 5) is 14.4. The van der Waals surface area contributed by atoms with Gasteiger partial charge < -0.3 is 10.6 Å². The fraction of sp³-hybridized carbons (Fsp3) is 0.562. The van der Waals surface area contributed by atoms with Gasteiger partial charge >= 0.3 is 0 Å². The summed E-state index contributed by atoms with van der Waals surface area (Å²) in [7, 11) is 1.85. The Morgan fingerprint density at radius 2 is 1.68 bits per heavy atom. The van der Waals surface area contributed by atoms with Crippen molar-refractivity contribution in [3.8, 4) is 0 Å². The maximum Gasteiger partial charge on any atom is 0.254 e. The average molecular weight is 262 g/mol. The number of rotatable bonds is 4. The average Bonchev–Trinajstić information content (AvgIpc) is 2.26. The first-order valence-electron chi connectivity index (χ1n) is 6.71. The number of amides is 1. The molecule has 0 radical (unpaired) electrons. The van der Waals surface area contributed by atoms with Crippen LogP contribution in [0.1, 0.15) is 40.9 Å². The van der Waals surface area contributed by atoms with Gasteiger partial charge in [-0.1, -0.05) is 31.5 Å². The third kappa shape index (κ3) is 3.80. The monoisotopic (exact) mass is 262 g/mol. The van der Waals surface area contributed by atoms with Gasteiger partial charge in [0.25, 0.3) is 5.91 Å². The SMILES string of the molecule is Cc1cc(C)c(C(=O)N(C)CC(C)(C)CN)c(C)c1. The normalized spacial score (nSPS) is 11.5. The molecule has 3 nitrogen and oxygen atoms in total. The van der Waals surface area contributed by atoms with E-state index in [0.29, 0.717) is 13.1 Å². The molecule has 0 bridgehead atoms. The zero-order chi connectivity index (χ0) is 14.8. The Bertz CT molecular complexity index is 455. The Morgan fingerprint density at radius 3 is 2.11 bits per heavy atom. The van der Waals surface area contributed by atoms with Gasteiger partial charge in [-0.05, 0) is 43.9 Å². The van der Waals surface area contributed by atoms with Crippen LogP contribution in [0, 0.1) is 26.2 Å². The van der Waals surface area contributed by atoms with Crippen molar-refractivity contribution in [3.63, 3.8) is 0 Å². The van der Waals surface area contributed by atoms with Crippen LogP contribution >= 0.6 is 0 Å². The van der Waals surface area contributed by atoms with E-state index in [9.17, 15) is 4.79 Å². The second kappa shape index (κ2) is 5.74. The highest BCUT2D eigenvalue weighted by molar-refractivity contribution is 5.97. The van der Waals surface area contributed by atoms with E-state index in [2.05, 4.69) is 32.9 Å². The van der Waals surface area contributed by atoms with Gasteiger partial charge in [0, 0.05) is 19.2 Å². The topological polar surface area (TPSA) is 46.3 Å². The molecule has 0 saturated heterocycles. The second-order valence-electron chi connectivity index (χ2n) is 6.30. The van der Waals surface area contributed by atoms with Gasteiger partial charge in [-0.15, -0.1) is 0 Å². The molecule has 0 spiro atoms. The number of nitrogens with zero attached hydrogens (tertiary/aromatic N) is 1. The van der Waals surface area contributed by atoms with Crippen LogP contribution in [0.15, 0.2) is 12.1 Å². The van der Waals surface area contributed by atoms with Gasteiger partial charge in [0.1, 0.15) is 0 Å². The number of aryl methyl sites for hydroxylation is 3. The van der Waals surface area contributed by atoms with Crippen molar-refractivity contribution in [1.82, 2.24) is 4.90 Å². The lowest BCUT2D eigenvalue weighted by atomic mass is 9.92. The Labute approximate surface area is 116 Å². The molecule has 1 amide bonds. The number of benzene rings is 1. The summed E-state index contributed by atoms with van der Waals surface area (Å²) in [6.07, 6.45) is 0. The highest BCUT2D eigenvalue weighted by Crippen LogP contribution is 2.20.